The number of hydrogen-bond acceptors (Lipinski definition) is 3. The van der Waals surface area contributed by atoms with Crippen molar-refractivity contribution in [3.8, 4) is 0 Å². The van der Waals surface area contributed by atoms with Crippen LogP contribution in [0.25, 0.3) is 0 Å². The average molecular weight is 278 g/mol. The van der Waals surface area contributed by atoms with Gasteiger partial charge in [0.2, 0.25) is 0 Å². The molecule has 2 heterocycles. The molecule has 1 aromatic heterocycles. The molecule has 0 saturated carbocycles. The molecule has 0 bridgehead atoms. The van der Waals surface area contributed by atoms with Gasteiger partial charge >= 0.3 is 0 Å². The Morgan fingerprint density at radius 1 is 1.45 bits per heavy atom. The van der Waals surface area contributed by atoms with Gasteiger partial charge < -0.3 is 9.88 Å². The standard InChI is InChI=1S/C16H30N4/c1-13(2)11-15-12-20(14(3)5-7-17-15)9-6-16-18-8-10-19(16)4/h8,10,13-15,17H,5-7,9,11-12H2,1-4H3. The van der Waals surface area contributed by atoms with E-state index in [2.05, 4.69) is 47.6 Å². The summed E-state index contributed by atoms with van der Waals surface area (Å²) in [6, 6.07) is 1.31. The van der Waals surface area contributed by atoms with Gasteiger partial charge in [0.05, 0.1) is 0 Å². The largest absolute Gasteiger partial charge is 0.338 e. The molecule has 2 rings (SSSR count). The first-order valence-corrected chi connectivity index (χ1v) is 8.00. The van der Waals surface area contributed by atoms with Gasteiger partial charge in [-0.15, -0.1) is 0 Å². The number of aromatic nitrogens is 2. The van der Waals surface area contributed by atoms with E-state index in [1.165, 1.54) is 25.2 Å². The summed E-state index contributed by atoms with van der Waals surface area (Å²) < 4.78 is 2.13. The zero-order chi connectivity index (χ0) is 14.5. The fourth-order valence-corrected chi connectivity index (χ4v) is 3.13. The molecule has 0 radical (unpaired) electrons. The SMILES string of the molecule is CC(C)CC1CN(CCc2nccn2C)C(C)CCN1. The molecule has 0 aromatic carbocycles. The maximum atomic E-state index is 4.44. The van der Waals surface area contributed by atoms with Crippen LogP contribution in [0.2, 0.25) is 0 Å². The zero-order valence-corrected chi connectivity index (χ0v) is 13.5. The Bertz CT molecular complexity index is 399. The van der Waals surface area contributed by atoms with Crippen LogP contribution in [0.15, 0.2) is 12.4 Å². The summed E-state index contributed by atoms with van der Waals surface area (Å²) in [4.78, 5) is 7.08. The molecule has 1 aliphatic heterocycles. The van der Waals surface area contributed by atoms with Crippen LogP contribution < -0.4 is 5.32 Å². The van der Waals surface area contributed by atoms with Crippen molar-refractivity contribution < 1.29 is 0 Å². The lowest BCUT2D eigenvalue weighted by Gasteiger charge is -2.29. The zero-order valence-electron chi connectivity index (χ0n) is 13.5. The minimum absolute atomic E-state index is 0.640. The monoisotopic (exact) mass is 278 g/mol. The lowest BCUT2D eigenvalue weighted by molar-refractivity contribution is 0.199. The van der Waals surface area contributed by atoms with Crippen molar-refractivity contribution in [2.75, 3.05) is 19.6 Å². The first-order valence-electron chi connectivity index (χ1n) is 8.00. The summed E-state index contributed by atoms with van der Waals surface area (Å²) in [7, 11) is 2.08. The molecule has 20 heavy (non-hydrogen) atoms. The Balaban J connectivity index is 1.91. The van der Waals surface area contributed by atoms with E-state index in [1.54, 1.807) is 0 Å². The van der Waals surface area contributed by atoms with Gasteiger partial charge in [-0.3, -0.25) is 4.90 Å². The van der Waals surface area contributed by atoms with Crippen molar-refractivity contribution in [1.82, 2.24) is 19.8 Å². The summed E-state index contributed by atoms with van der Waals surface area (Å²) in [6.07, 6.45) is 7.48. The topological polar surface area (TPSA) is 33.1 Å². The van der Waals surface area contributed by atoms with E-state index in [-0.39, 0.29) is 0 Å². The maximum absolute atomic E-state index is 4.44. The summed E-state index contributed by atoms with van der Waals surface area (Å²) in [6.45, 7) is 10.4. The number of hydrogen-bond donors (Lipinski definition) is 1. The molecule has 4 heteroatoms. The van der Waals surface area contributed by atoms with Crippen molar-refractivity contribution in [3.63, 3.8) is 0 Å². The summed E-state index contributed by atoms with van der Waals surface area (Å²) in [5.74, 6) is 1.95. The third kappa shape index (κ3) is 4.32. The van der Waals surface area contributed by atoms with Gasteiger partial charge in [0.25, 0.3) is 0 Å². The van der Waals surface area contributed by atoms with Crippen molar-refractivity contribution >= 4 is 0 Å². The van der Waals surface area contributed by atoms with Gasteiger partial charge in [0.1, 0.15) is 5.82 Å². The molecule has 1 N–H and O–H groups in total. The highest BCUT2D eigenvalue weighted by Crippen LogP contribution is 2.14. The highest BCUT2D eigenvalue weighted by atomic mass is 15.2. The maximum Gasteiger partial charge on any atom is 0.109 e. The van der Waals surface area contributed by atoms with Gasteiger partial charge in [-0.25, -0.2) is 4.98 Å². The van der Waals surface area contributed by atoms with Crippen LogP contribution in [0.3, 0.4) is 0 Å². The van der Waals surface area contributed by atoms with E-state index in [0.717, 1.165) is 25.4 Å². The number of rotatable bonds is 5. The molecular formula is C16H30N4. The summed E-state index contributed by atoms with van der Waals surface area (Å²) in [5, 5.41) is 3.72. The van der Waals surface area contributed by atoms with Crippen LogP contribution in [0.5, 0.6) is 0 Å². The molecule has 0 amide bonds. The van der Waals surface area contributed by atoms with Crippen LogP contribution in [0, 0.1) is 5.92 Å². The van der Waals surface area contributed by atoms with Crippen molar-refractivity contribution in [1.29, 1.82) is 0 Å². The predicted molar refractivity (Wildman–Crippen MR) is 83.8 cm³/mol. The second-order valence-corrected chi connectivity index (χ2v) is 6.62. The van der Waals surface area contributed by atoms with E-state index >= 15 is 0 Å². The predicted octanol–water partition coefficient (Wildman–Crippen LogP) is 2.06. The Morgan fingerprint density at radius 2 is 2.25 bits per heavy atom. The number of aryl methyl sites for hydroxylation is 1. The van der Waals surface area contributed by atoms with Gasteiger partial charge in [-0.2, -0.15) is 0 Å². The second-order valence-electron chi connectivity index (χ2n) is 6.62. The molecule has 2 atom stereocenters. The highest BCUT2D eigenvalue weighted by molar-refractivity contribution is 4.93. The molecule has 1 aliphatic rings. The van der Waals surface area contributed by atoms with Crippen LogP contribution in [0.1, 0.15) is 39.4 Å². The average Bonchev–Trinajstić information content (AvgIpc) is 2.70. The minimum Gasteiger partial charge on any atom is -0.338 e. The molecule has 0 aliphatic carbocycles. The summed E-state index contributed by atoms with van der Waals surface area (Å²) in [5.41, 5.74) is 0. The molecule has 0 spiro atoms. The molecule has 2 unspecified atom stereocenters. The van der Waals surface area contributed by atoms with E-state index in [1.807, 2.05) is 12.4 Å². The molecule has 114 valence electrons. The Morgan fingerprint density at radius 3 is 2.90 bits per heavy atom. The summed E-state index contributed by atoms with van der Waals surface area (Å²) >= 11 is 0. The number of imidazole rings is 1. The number of nitrogens with one attached hydrogen (secondary N) is 1. The molecule has 1 fully saturated rings. The van der Waals surface area contributed by atoms with Crippen molar-refractivity contribution in [2.24, 2.45) is 13.0 Å². The third-order valence-electron chi connectivity index (χ3n) is 4.37. The molecular weight excluding hydrogens is 248 g/mol. The number of nitrogens with zero attached hydrogens (tertiary/aromatic N) is 3. The molecule has 1 aromatic rings. The van der Waals surface area contributed by atoms with Crippen LogP contribution in [-0.2, 0) is 13.5 Å². The Kier molecular flexibility index (Phi) is 5.61. The lowest BCUT2D eigenvalue weighted by Crippen LogP contribution is -2.41. The van der Waals surface area contributed by atoms with Crippen LogP contribution in [-0.4, -0.2) is 46.2 Å². The Labute approximate surface area is 123 Å². The Hall–Kier alpha value is -0.870. The quantitative estimate of drug-likeness (QED) is 0.895. The van der Waals surface area contributed by atoms with Crippen molar-refractivity contribution in [3.05, 3.63) is 18.2 Å². The van der Waals surface area contributed by atoms with E-state index in [4.69, 9.17) is 0 Å². The van der Waals surface area contributed by atoms with Gasteiger partial charge in [-0.1, -0.05) is 13.8 Å². The smallest absolute Gasteiger partial charge is 0.109 e. The highest BCUT2D eigenvalue weighted by Gasteiger charge is 2.23. The molecule has 1 saturated heterocycles. The normalized spacial score (nSPS) is 25.1. The van der Waals surface area contributed by atoms with E-state index < -0.39 is 0 Å². The van der Waals surface area contributed by atoms with Gasteiger partial charge in [0.15, 0.2) is 0 Å². The fraction of sp³-hybridized carbons (Fsp3) is 0.812. The third-order valence-corrected chi connectivity index (χ3v) is 4.37. The minimum atomic E-state index is 0.640. The van der Waals surface area contributed by atoms with E-state index in [0.29, 0.717) is 12.1 Å². The second kappa shape index (κ2) is 7.23. The fourth-order valence-electron chi connectivity index (χ4n) is 3.13. The lowest BCUT2D eigenvalue weighted by atomic mass is 10.0. The van der Waals surface area contributed by atoms with Gasteiger partial charge in [0, 0.05) is 51.0 Å². The first kappa shape index (κ1) is 15.5. The van der Waals surface area contributed by atoms with Crippen molar-refractivity contribution in [2.45, 2.75) is 52.1 Å². The molecule has 4 nitrogen and oxygen atoms in total. The van der Waals surface area contributed by atoms with Crippen LogP contribution >= 0.6 is 0 Å². The van der Waals surface area contributed by atoms with Gasteiger partial charge in [-0.05, 0) is 32.2 Å². The van der Waals surface area contributed by atoms with E-state index in [9.17, 15) is 0 Å². The first-order chi connectivity index (χ1) is 9.56. The van der Waals surface area contributed by atoms with Crippen LogP contribution in [0.4, 0.5) is 0 Å².